The maximum atomic E-state index is 11.5. The van der Waals surface area contributed by atoms with Crippen LogP contribution in [0, 0.1) is 0 Å². The van der Waals surface area contributed by atoms with Gasteiger partial charge >= 0.3 is 11.9 Å². The van der Waals surface area contributed by atoms with Gasteiger partial charge in [-0.25, -0.2) is 0 Å². The molecule has 5 heteroatoms. The van der Waals surface area contributed by atoms with Crippen molar-refractivity contribution in [1.82, 2.24) is 0 Å². The van der Waals surface area contributed by atoms with Crippen LogP contribution in [0.5, 0.6) is 0 Å². The van der Waals surface area contributed by atoms with Gasteiger partial charge in [0.1, 0.15) is 12.6 Å². The molecule has 136 valence electrons. The number of esters is 1. The van der Waals surface area contributed by atoms with Gasteiger partial charge in [0.15, 0.2) is 0 Å². The smallest absolute Gasteiger partial charge is 0.323 e. The molecule has 1 unspecified atom stereocenters. The van der Waals surface area contributed by atoms with Gasteiger partial charge in [0.05, 0.1) is 6.42 Å². The zero-order valence-electron chi connectivity index (χ0n) is 15.3. The zero-order valence-corrected chi connectivity index (χ0v) is 15.3. The Morgan fingerprint density at radius 3 is 2.08 bits per heavy atom. The van der Waals surface area contributed by atoms with Crippen molar-refractivity contribution in [3.63, 3.8) is 0 Å². The molecule has 0 aromatic carbocycles. The number of allylic oxidation sites excluding steroid dienone is 5. The minimum atomic E-state index is -1.11. The number of carboxylic acid groups (broad SMARTS) is 1. The molecule has 5 nitrogen and oxygen atoms in total. The third-order valence-corrected chi connectivity index (χ3v) is 3.48. The van der Waals surface area contributed by atoms with Gasteiger partial charge in [-0.05, 0) is 59.5 Å². The van der Waals surface area contributed by atoms with E-state index in [4.69, 9.17) is 15.6 Å². The highest BCUT2D eigenvalue weighted by molar-refractivity contribution is 5.81. The lowest BCUT2D eigenvalue weighted by Crippen LogP contribution is -2.34. The summed E-state index contributed by atoms with van der Waals surface area (Å²) in [4.78, 5) is 21.9. The van der Waals surface area contributed by atoms with E-state index < -0.39 is 24.4 Å². The summed E-state index contributed by atoms with van der Waals surface area (Å²) >= 11 is 0. The van der Waals surface area contributed by atoms with Crippen LogP contribution in [0.2, 0.25) is 0 Å². The standard InChI is InChI=1S/C19H31NO4/c1-14(2)7-5-8-15(3)9-6-10-16(4)11-12-24-19(23)17(20)13-18(21)22/h7,9,11,17H,5-6,8,10,12-13,20H2,1-4H3,(H,21,22)/b15-9+,16-11+. The summed E-state index contributed by atoms with van der Waals surface area (Å²) in [6.07, 6.45) is 9.90. The lowest BCUT2D eigenvalue weighted by Gasteiger charge is -2.08. The van der Waals surface area contributed by atoms with Crippen LogP contribution in [-0.4, -0.2) is 29.7 Å². The fourth-order valence-electron chi connectivity index (χ4n) is 1.98. The summed E-state index contributed by atoms with van der Waals surface area (Å²) in [5, 5.41) is 8.56. The van der Waals surface area contributed by atoms with Gasteiger partial charge in [-0.1, -0.05) is 28.9 Å². The molecule has 0 heterocycles. The Balaban J connectivity index is 4.04. The average Bonchev–Trinajstić information content (AvgIpc) is 2.45. The van der Waals surface area contributed by atoms with Gasteiger partial charge in [0.25, 0.3) is 0 Å². The van der Waals surface area contributed by atoms with Crippen LogP contribution in [0.3, 0.4) is 0 Å². The first-order chi connectivity index (χ1) is 11.2. The molecule has 0 rings (SSSR count). The molecular weight excluding hydrogens is 306 g/mol. The predicted octanol–water partition coefficient (Wildman–Crippen LogP) is 3.75. The van der Waals surface area contributed by atoms with E-state index in [1.54, 1.807) is 0 Å². The first kappa shape index (κ1) is 22.1. The van der Waals surface area contributed by atoms with Gasteiger partial charge in [-0.15, -0.1) is 0 Å². The highest BCUT2D eigenvalue weighted by Crippen LogP contribution is 2.11. The summed E-state index contributed by atoms with van der Waals surface area (Å²) < 4.78 is 4.95. The molecule has 1 atom stereocenters. The Labute approximate surface area is 145 Å². The van der Waals surface area contributed by atoms with E-state index in [9.17, 15) is 9.59 Å². The highest BCUT2D eigenvalue weighted by atomic mass is 16.5. The summed E-state index contributed by atoms with van der Waals surface area (Å²) in [6.45, 7) is 8.46. The van der Waals surface area contributed by atoms with E-state index in [1.807, 2.05) is 13.0 Å². The largest absolute Gasteiger partial charge is 0.481 e. The maximum absolute atomic E-state index is 11.5. The lowest BCUT2D eigenvalue weighted by atomic mass is 10.1. The molecule has 0 aliphatic heterocycles. The Hall–Kier alpha value is -1.88. The van der Waals surface area contributed by atoms with Crippen molar-refractivity contribution >= 4 is 11.9 Å². The number of aliphatic carboxylic acids is 1. The molecule has 0 amide bonds. The number of hydrogen-bond acceptors (Lipinski definition) is 4. The van der Waals surface area contributed by atoms with Gasteiger partial charge < -0.3 is 15.6 Å². The van der Waals surface area contributed by atoms with E-state index in [0.29, 0.717) is 0 Å². The van der Waals surface area contributed by atoms with E-state index >= 15 is 0 Å². The first-order valence-electron chi connectivity index (χ1n) is 8.31. The van der Waals surface area contributed by atoms with Crippen LogP contribution in [0.4, 0.5) is 0 Å². The number of carbonyl (C=O) groups is 2. The van der Waals surface area contributed by atoms with Crippen molar-refractivity contribution in [2.75, 3.05) is 6.61 Å². The number of rotatable bonds is 11. The highest BCUT2D eigenvalue weighted by Gasteiger charge is 2.17. The molecule has 0 bridgehead atoms. The van der Waals surface area contributed by atoms with E-state index in [1.165, 1.54) is 11.1 Å². The third-order valence-electron chi connectivity index (χ3n) is 3.48. The lowest BCUT2D eigenvalue weighted by molar-refractivity contribution is -0.148. The van der Waals surface area contributed by atoms with Gasteiger partial charge in [0, 0.05) is 0 Å². The van der Waals surface area contributed by atoms with Crippen molar-refractivity contribution in [2.45, 2.75) is 65.8 Å². The molecule has 0 aromatic rings. The van der Waals surface area contributed by atoms with Crippen LogP contribution in [0.15, 0.2) is 34.9 Å². The minimum Gasteiger partial charge on any atom is -0.481 e. The Bertz CT molecular complexity index is 499. The molecule has 0 spiro atoms. The number of carboxylic acids is 1. The second-order valence-corrected chi connectivity index (χ2v) is 6.29. The minimum absolute atomic E-state index is 0.126. The monoisotopic (exact) mass is 337 g/mol. The summed E-state index contributed by atoms with van der Waals surface area (Å²) in [5.74, 6) is -1.80. The van der Waals surface area contributed by atoms with Crippen LogP contribution < -0.4 is 5.73 Å². The summed E-state index contributed by atoms with van der Waals surface area (Å²) in [7, 11) is 0. The second kappa shape index (κ2) is 12.5. The Morgan fingerprint density at radius 1 is 1.00 bits per heavy atom. The van der Waals surface area contributed by atoms with Crippen LogP contribution in [0.25, 0.3) is 0 Å². The molecule has 3 N–H and O–H groups in total. The fraction of sp³-hybridized carbons (Fsp3) is 0.579. The number of hydrogen-bond donors (Lipinski definition) is 2. The fourth-order valence-corrected chi connectivity index (χ4v) is 1.98. The molecule has 0 aliphatic carbocycles. The zero-order chi connectivity index (χ0) is 18.5. The number of carbonyl (C=O) groups excluding carboxylic acids is 1. The van der Waals surface area contributed by atoms with E-state index in [2.05, 4.69) is 32.9 Å². The second-order valence-electron chi connectivity index (χ2n) is 6.29. The Kier molecular flexibility index (Phi) is 11.5. The Morgan fingerprint density at radius 2 is 1.54 bits per heavy atom. The first-order valence-corrected chi connectivity index (χ1v) is 8.31. The quantitative estimate of drug-likeness (QED) is 0.443. The van der Waals surface area contributed by atoms with Crippen LogP contribution >= 0.6 is 0 Å². The molecular formula is C19H31NO4. The molecule has 0 aromatic heterocycles. The van der Waals surface area contributed by atoms with Crippen molar-refractivity contribution in [1.29, 1.82) is 0 Å². The topological polar surface area (TPSA) is 89.6 Å². The van der Waals surface area contributed by atoms with Crippen molar-refractivity contribution in [2.24, 2.45) is 5.73 Å². The predicted molar refractivity (Wildman–Crippen MR) is 96.6 cm³/mol. The average molecular weight is 337 g/mol. The molecule has 0 aliphatic rings. The van der Waals surface area contributed by atoms with Crippen molar-refractivity contribution < 1.29 is 19.4 Å². The van der Waals surface area contributed by atoms with E-state index in [0.717, 1.165) is 31.3 Å². The number of ether oxygens (including phenoxy) is 1. The van der Waals surface area contributed by atoms with Crippen LogP contribution in [-0.2, 0) is 14.3 Å². The normalized spacial score (nSPS) is 13.4. The maximum Gasteiger partial charge on any atom is 0.323 e. The SMILES string of the molecule is CC(C)=CCC/C(C)=C/CC/C(C)=C/COC(=O)C(N)CC(=O)O. The summed E-state index contributed by atoms with van der Waals surface area (Å²) in [5.41, 5.74) is 9.27. The molecule has 0 radical (unpaired) electrons. The van der Waals surface area contributed by atoms with Crippen LogP contribution in [0.1, 0.15) is 59.8 Å². The molecule has 0 fully saturated rings. The molecule has 0 saturated carbocycles. The van der Waals surface area contributed by atoms with Crippen molar-refractivity contribution in [3.8, 4) is 0 Å². The summed E-state index contributed by atoms with van der Waals surface area (Å²) in [6, 6.07) is -1.11. The molecule has 24 heavy (non-hydrogen) atoms. The van der Waals surface area contributed by atoms with Gasteiger partial charge in [-0.3, -0.25) is 9.59 Å². The number of nitrogens with two attached hydrogens (primary N) is 1. The van der Waals surface area contributed by atoms with Gasteiger partial charge in [-0.2, -0.15) is 0 Å². The third kappa shape index (κ3) is 12.6. The molecule has 0 saturated heterocycles. The van der Waals surface area contributed by atoms with E-state index in [-0.39, 0.29) is 6.61 Å². The van der Waals surface area contributed by atoms with Crippen molar-refractivity contribution in [3.05, 3.63) is 34.9 Å². The van der Waals surface area contributed by atoms with Gasteiger partial charge in [0.2, 0.25) is 0 Å².